The SMILES string of the molecule is CCCCc1ncc(-c2sccc2C(=O)O)n1Cc1ccc(-c2ccccc2-c2nnn[nH]2)cc1. The van der Waals surface area contributed by atoms with Crippen LogP contribution in [0.1, 0.15) is 41.5 Å². The van der Waals surface area contributed by atoms with Crippen molar-refractivity contribution in [3.05, 3.63) is 83.1 Å². The highest BCUT2D eigenvalue weighted by molar-refractivity contribution is 7.14. The van der Waals surface area contributed by atoms with Crippen molar-refractivity contribution in [2.75, 3.05) is 0 Å². The number of tetrazole rings is 1. The smallest absolute Gasteiger partial charge is 0.337 e. The Morgan fingerprint density at radius 1 is 1.09 bits per heavy atom. The van der Waals surface area contributed by atoms with Crippen LogP contribution in [-0.4, -0.2) is 41.3 Å². The molecule has 3 aromatic heterocycles. The minimum atomic E-state index is -0.922. The van der Waals surface area contributed by atoms with E-state index in [0.717, 1.165) is 57.9 Å². The van der Waals surface area contributed by atoms with Crippen LogP contribution < -0.4 is 0 Å². The fraction of sp³-hybridized carbons (Fsp3) is 0.192. The van der Waals surface area contributed by atoms with E-state index in [1.807, 2.05) is 29.6 Å². The minimum Gasteiger partial charge on any atom is -0.478 e. The van der Waals surface area contributed by atoms with Gasteiger partial charge in [0.15, 0.2) is 5.82 Å². The number of H-pyrrole nitrogens is 1. The fourth-order valence-corrected chi connectivity index (χ4v) is 5.08. The van der Waals surface area contributed by atoms with Gasteiger partial charge in [0, 0.05) is 18.5 Å². The van der Waals surface area contributed by atoms with Crippen LogP contribution in [0.25, 0.3) is 33.1 Å². The highest BCUT2D eigenvalue weighted by Crippen LogP contribution is 2.33. The number of carboxylic acids is 1. The van der Waals surface area contributed by atoms with E-state index in [9.17, 15) is 9.90 Å². The number of imidazole rings is 1. The van der Waals surface area contributed by atoms with Crippen LogP contribution in [0.3, 0.4) is 0 Å². The molecule has 0 spiro atoms. The van der Waals surface area contributed by atoms with Crippen molar-refractivity contribution in [2.45, 2.75) is 32.7 Å². The van der Waals surface area contributed by atoms with Gasteiger partial charge in [-0.1, -0.05) is 61.9 Å². The Kier molecular flexibility index (Phi) is 6.49. The molecule has 0 saturated carbocycles. The Balaban J connectivity index is 1.48. The van der Waals surface area contributed by atoms with E-state index in [4.69, 9.17) is 0 Å². The summed E-state index contributed by atoms with van der Waals surface area (Å²) in [7, 11) is 0. The molecular formula is C26H24N6O2S. The summed E-state index contributed by atoms with van der Waals surface area (Å²) < 4.78 is 2.15. The third kappa shape index (κ3) is 4.63. The van der Waals surface area contributed by atoms with Crippen LogP contribution in [0.4, 0.5) is 0 Å². The maximum Gasteiger partial charge on any atom is 0.337 e. The number of nitrogens with one attached hydrogen (secondary N) is 1. The minimum absolute atomic E-state index is 0.312. The molecule has 35 heavy (non-hydrogen) atoms. The molecule has 0 atom stereocenters. The Morgan fingerprint density at radius 2 is 1.89 bits per heavy atom. The van der Waals surface area contributed by atoms with Gasteiger partial charge in [-0.05, 0) is 45.0 Å². The van der Waals surface area contributed by atoms with Crippen LogP contribution in [0.15, 0.2) is 66.2 Å². The van der Waals surface area contributed by atoms with Crippen LogP contribution in [0.5, 0.6) is 0 Å². The van der Waals surface area contributed by atoms with Crippen LogP contribution >= 0.6 is 11.3 Å². The Labute approximate surface area is 206 Å². The average molecular weight is 485 g/mol. The van der Waals surface area contributed by atoms with Crippen LogP contribution in [0, 0.1) is 0 Å². The molecule has 176 valence electrons. The van der Waals surface area contributed by atoms with Crippen molar-refractivity contribution in [1.29, 1.82) is 0 Å². The van der Waals surface area contributed by atoms with Crippen molar-refractivity contribution >= 4 is 17.3 Å². The van der Waals surface area contributed by atoms with E-state index in [0.29, 0.717) is 17.9 Å². The van der Waals surface area contributed by atoms with Gasteiger partial charge in [-0.25, -0.2) is 14.9 Å². The molecule has 0 saturated heterocycles. The summed E-state index contributed by atoms with van der Waals surface area (Å²) in [5.74, 6) is 0.673. The third-order valence-electron chi connectivity index (χ3n) is 5.95. The predicted octanol–water partition coefficient (Wildman–Crippen LogP) is 5.55. The molecule has 0 aliphatic rings. The number of aryl methyl sites for hydroxylation is 1. The maximum absolute atomic E-state index is 11.8. The van der Waals surface area contributed by atoms with Gasteiger partial charge in [0.25, 0.3) is 0 Å². The first-order valence-electron chi connectivity index (χ1n) is 11.4. The zero-order valence-electron chi connectivity index (χ0n) is 19.2. The van der Waals surface area contributed by atoms with Crippen molar-refractivity contribution < 1.29 is 9.90 Å². The molecule has 3 heterocycles. The number of rotatable bonds is 9. The lowest BCUT2D eigenvalue weighted by Crippen LogP contribution is -2.08. The van der Waals surface area contributed by atoms with Crippen molar-refractivity contribution in [3.63, 3.8) is 0 Å². The molecule has 0 fully saturated rings. The highest BCUT2D eigenvalue weighted by atomic mass is 32.1. The second-order valence-electron chi connectivity index (χ2n) is 8.21. The highest BCUT2D eigenvalue weighted by Gasteiger charge is 2.19. The molecule has 0 aliphatic heterocycles. The number of benzene rings is 2. The maximum atomic E-state index is 11.8. The molecule has 8 nitrogen and oxygen atoms in total. The molecule has 5 rings (SSSR count). The number of aromatic carboxylic acids is 1. The lowest BCUT2D eigenvalue weighted by Gasteiger charge is -2.13. The summed E-state index contributed by atoms with van der Waals surface area (Å²) in [5.41, 5.74) is 5.29. The number of unbranched alkanes of at least 4 members (excludes halogenated alkanes) is 1. The number of thiophene rings is 1. The number of aromatic amines is 1. The van der Waals surface area contributed by atoms with E-state index in [2.05, 4.69) is 61.4 Å². The lowest BCUT2D eigenvalue weighted by molar-refractivity contribution is 0.0698. The van der Waals surface area contributed by atoms with Crippen LogP contribution in [0.2, 0.25) is 0 Å². The Morgan fingerprint density at radius 3 is 2.60 bits per heavy atom. The quantitative estimate of drug-likeness (QED) is 0.284. The summed E-state index contributed by atoms with van der Waals surface area (Å²) in [5, 5.41) is 25.7. The number of carboxylic acid groups (broad SMARTS) is 1. The van der Waals surface area contributed by atoms with Crippen molar-refractivity contribution in [1.82, 2.24) is 30.2 Å². The molecule has 0 amide bonds. The predicted molar refractivity (Wildman–Crippen MR) is 135 cm³/mol. The molecule has 2 N–H and O–H groups in total. The average Bonchev–Trinajstić information content (AvgIpc) is 3.64. The molecule has 2 aromatic carbocycles. The Hall–Kier alpha value is -4.11. The van der Waals surface area contributed by atoms with E-state index in [-0.39, 0.29) is 0 Å². The molecule has 0 unspecified atom stereocenters. The van der Waals surface area contributed by atoms with Gasteiger partial charge < -0.3 is 9.67 Å². The van der Waals surface area contributed by atoms with E-state index < -0.39 is 5.97 Å². The van der Waals surface area contributed by atoms with Gasteiger partial charge in [0.2, 0.25) is 0 Å². The van der Waals surface area contributed by atoms with Gasteiger partial charge in [0.05, 0.1) is 22.3 Å². The first-order valence-corrected chi connectivity index (χ1v) is 12.3. The zero-order valence-corrected chi connectivity index (χ0v) is 20.0. The van der Waals surface area contributed by atoms with Gasteiger partial charge in [-0.15, -0.1) is 16.4 Å². The number of aromatic nitrogens is 6. The van der Waals surface area contributed by atoms with Crippen molar-refractivity contribution in [3.8, 4) is 33.1 Å². The van der Waals surface area contributed by atoms with E-state index in [1.54, 1.807) is 12.3 Å². The zero-order chi connectivity index (χ0) is 24.2. The first kappa shape index (κ1) is 22.7. The number of hydrogen-bond acceptors (Lipinski definition) is 6. The van der Waals surface area contributed by atoms with Gasteiger partial charge in [0.1, 0.15) is 5.82 Å². The van der Waals surface area contributed by atoms with Gasteiger partial charge in [-0.2, -0.15) is 0 Å². The molecule has 5 aromatic rings. The summed E-state index contributed by atoms with van der Waals surface area (Å²) >= 11 is 1.43. The largest absolute Gasteiger partial charge is 0.478 e. The van der Waals surface area contributed by atoms with Crippen molar-refractivity contribution in [2.24, 2.45) is 0 Å². The standard InChI is InChI=1S/C26H24N6O2S/c1-2-3-8-23-27-15-22(24-21(26(33)34)13-14-35-24)32(23)16-17-9-11-18(12-10-17)19-6-4-5-7-20(19)25-28-30-31-29-25/h4-7,9-15H,2-3,8,16H2,1H3,(H,33,34)(H,28,29,30,31). The van der Waals surface area contributed by atoms with E-state index in [1.165, 1.54) is 11.3 Å². The summed E-state index contributed by atoms with van der Waals surface area (Å²) in [6.07, 6.45) is 4.75. The normalized spacial score (nSPS) is 11.1. The Bertz CT molecular complexity index is 1440. The second kappa shape index (κ2) is 10.0. The molecule has 0 aliphatic carbocycles. The summed E-state index contributed by atoms with van der Waals surface area (Å²) in [4.78, 5) is 17.2. The lowest BCUT2D eigenvalue weighted by atomic mass is 9.98. The topological polar surface area (TPSA) is 110 Å². The third-order valence-corrected chi connectivity index (χ3v) is 6.89. The molecular weight excluding hydrogens is 460 g/mol. The first-order chi connectivity index (χ1) is 17.2. The van der Waals surface area contributed by atoms with Gasteiger partial charge >= 0.3 is 5.97 Å². The monoisotopic (exact) mass is 484 g/mol. The second-order valence-corrected chi connectivity index (χ2v) is 9.13. The molecule has 9 heteroatoms. The van der Waals surface area contributed by atoms with Gasteiger partial charge in [-0.3, -0.25) is 0 Å². The molecule has 0 radical (unpaired) electrons. The van der Waals surface area contributed by atoms with E-state index >= 15 is 0 Å². The molecule has 0 bridgehead atoms. The summed E-state index contributed by atoms with van der Waals surface area (Å²) in [6, 6.07) is 18.0. The fourth-order valence-electron chi connectivity index (χ4n) is 4.17. The number of nitrogens with zero attached hydrogens (tertiary/aromatic N) is 5. The van der Waals surface area contributed by atoms with Crippen LogP contribution in [-0.2, 0) is 13.0 Å². The number of hydrogen-bond donors (Lipinski definition) is 2. The number of carbonyl (C=O) groups is 1. The summed E-state index contributed by atoms with van der Waals surface area (Å²) in [6.45, 7) is 2.76.